The van der Waals surface area contributed by atoms with Crippen LogP contribution in [0, 0.1) is 12.7 Å². The molecule has 0 radical (unpaired) electrons. The molecule has 0 N–H and O–H groups in total. The summed E-state index contributed by atoms with van der Waals surface area (Å²) in [5.74, 6) is 0.738. The van der Waals surface area contributed by atoms with Crippen LogP contribution in [0.15, 0.2) is 34.9 Å². The average Bonchev–Trinajstić information content (AvgIpc) is 3.12. The molecule has 4 aromatic rings. The second-order valence-electron chi connectivity index (χ2n) is 4.47. The predicted molar refractivity (Wildman–Crippen MR) is 74.3 cm³/mol. The Morgan fingerprint density at radius 2 is 2.14 bits per heavy atom. The Labute approximate surface area is 121 Å². The molecule has 0 fully saturated rings. The first-order valence-electron chi connectivity index (χ1n) is 6.12. The zero-order valence-corrected chi connectivity index (χ0v) is 11.6. The SMILES string of the molecule is Cc1cc(-c2nn3c(-c4cccc(F)c4)nnc3s2)on1. The molecule has 0 atom stereocenters. The maximum absolute atomic E-state index is 13.3. The molecular formula is C13H8FN5OS. The molecule has 104 valence electrons. The van der Waals surface area contributed by atoms with E-state index in [0.717, 1.165) is 5.69 Å². The topological polar surface area (TPSA) is 69.1 Å². The second kappa shape index (κ2) is 4.45. The van der Waals surface area contributed by atoms with E-state index in [4.69, 9.17) is 4.52 Å². The number of nitrogens with zero attached hydrogens (tertiary/aromatic N) is 5. The highest BCUT2D eigenvalue weighted by molar-refractivity contribution is 7.19. The molecule has 21 heavy (non-hydrogen) atoms. The van der Waals surface area contributed by atoms with Gasteiger partial charge < -0.3 is 4.52 Å². The fourth-order valence-corrected chi connectivity index (χ4v) is 2.78. The number of fused-ring (bicyclic) bond motifs is 1. The van der Waals surface area contributed by atoms with Crippen molar-refractivity contribution >= 4 is 16.3 Å². The van der Waals surface area contributed by atoms with Crippen molar-refractivity contribution in [2.75, 3.05) is 0 Å². The summed E-state index contributed by atoms with van der Waals surface area (Å²) in [5, 5.41) is 17.0. The molecule has 0 saturated carbocycles. The monoisotopic (exact) mass is 301 g/mol. The summed E-state index contributed by atoms with van der Waals surface area (Å²) < 4.78 is 20.1. The van der Waals surface area contributed by atoms with Gasteiger partial charge in [0.15, 0.2) is 16.6 Å². The van der Waals surface area contributed by atoms with E-state index in [-0.39, 0.29) is 5.82 Å². The highest BCUT2D eigenvalue weighted by Crippen LogP contribution is 2.28. The zero-order chi connectivity index (χ0) is 14.4. The van der Waals surface area contributed by atoms with Gasteiger partial charge in [-0.15, -0.1) is 15.3 Å². The Kier molecular flexibility index (Phi) is 2.58. The summed E-state index contributed by atoms with van der Waals surface area (Å²) >= 11 is 1.33. The van der Waals surface area contributed by atoms with Crippen molar-refractivity contribution in [1.29, 1.82) is 0 Å². The minimum atomic E-state index is -0.328. The van der Waals surface area contributed by atoms with Crippen LogP contribution in [0.4, 0.5) is 4.39 Å². The van der Waals surface area contributed by atoms with Crippen LogP contribution < -0.4 is 0 Å². The quantitative estimate of drug-likeness (QED) is 0.569. The highest BCUT2D eigenvalue weighted by Gasteiger charge is 2.16. The smallest absolute Gasteiger partial charge is 0.235 e. The van der Waals surface area contributed by atoms with E-state index in [9.17, 15) is 4.39 Å². The second-order valence-corrected chi connectivity index (χ2v) is 5.42. The zero-order valence-electron chi connectivity index (χ0n) is 10.8. The molecule has 0 amide bonds. The van der Waals surface area contributed by atoms with Gasteiger partial charge in [0.05, 0.1) is 5.69 Å². The van der Waals surface area contributed by atoms with Crippen LogP contribution in [0.1, 0.15) is 5.69 Å². The summed E-state index contributed by atoms with van der Waals surface area (Å²) in [4.78, 5) is 0.610. The molecular weight excluding hydrogens is 293 g/mol. The molecule has 1 aromatic carbocycles. The third kappa shape index (κ3) is 2.00. The summed E-state index contributed by atoms with van der Waals surface area (Å²) in [7, 11) is 0. The van der Waals surface area contributed by atoms with E-state index in [0.29, 0.717) is 27.1 Å². The van der Waals surface area contributed by atoms with Gasteiger partial charge >= 0.3 is 0 Å². The van der Waals surface area contributed by atoms with Gasteiger partial charge in [0.2, 0.25) is 4.96 Å². The first-order valence-corrected chi connectivity index (χ1v) is 6.94. The Hall–Kier alpha value is -2.61. The van der Waals surface area contributed by atoms with Crippen molar-refractivity contribution in [2.45, 2.75) is 6.92 Å². The standard InChI is InChI=1S/C13H8FN5OS/c1-7-5-10(20-18-7)12-17-19-11(15-16-13(19)21-12)8-3-2-4-9(14)6-8/h2-6H,1H3. The Morgan fingerprint density at radius 3 is 2.90 bits per heavy atom. The maximum atomic E-state index is 13.3. The molecule has 3 aromatic heterocycles. The van der Waals surface area contributed by atoms with Gasteiger partial charge in [-0.05, 0) is 19.1 Å². The van der Waals surface area contributed by atoms with Crippen molar-refractivity contribution in [1.82, 2.24) is 25.0 Å². The van der Waals surface area contributed by atoms with Crippen LogP contribution in [-0.2, 0) is 0 Å². The van der Waals surface area contributed by atoms with Gasteiger partial charge in [0.25, 0.3) is 0 Å². The Morgan fingerprint density at radius 1 is 1.24 bits per heavy atom. The van der Waals surface area contributed by atoms with Crippen LogP contribution in [-0.4, -0.2) is 25.0 Å². The number of hydrogen-bond acceptors (Lipinski definition) is 6. The number of benzene rings is 1. The lowest BCUT2D eigenvalue weighted by Crippen LogP contribution is -1.91. The summed E-state index contributed by atoms with van der Waals surface area (Å²) in [5.41, 5.74) is 1.40. The van der Waals surface area contributed by atoms with Crippen LogP contribution in [0.25, 0.3) is 27.1 Å². The van der Waals surface area contributed by atoms with Crippen molar-refractivity contribution < 1.29 is 8.91 Å². The molecule has 0 spiro atoms. The number of rotatable bonds is 2. The molecule has 3 heterocycles. The molecule has 0 saturated heterocycles. The van der Waals surface area contributed by atoms with Gasteiger partial charge in [-0.2, -0.15) is 4.52 Å². The molecule has 0 unspecified atom stereocenters. The van der Waals surface area contributed by atoms with Crippen LogP contribution in [0.3, 0.4) is 0 Å². The van der Waals surface area contributed by atoms with E-state index in [2.05, 4.69) is 20.5 Å². The molecule has 0 aliphatic rings. The van der Waals surface area contributed by atoms with Crippen LogP contribution in [0.5, 0.6) is 0 Å². The van der Waals surface area contributed by atoms with E-state index in [1.807, 2.05) is 6.92 Å². The fourth-order valence-electron chi connectivity index (χ4n) is 1.99. The van der Waals surface area contributed by atoms with Gasteiger partial charge in [-0.1, -0.05) is 28.6 Å². The van der Waals surface area contributed by atoms with Gasteiger partial charge in [0, 0.05) is 11.6 Å². The third-order valence-electron chi connectivity index (χ3n) is 2.91. The average molecular weight is 301 g/mol. The van der Waals surface area contributed by atoms with E-state index in [1.54, 1.807) is 22.7 Å². The van der Waals surface area contributed by atoms with Crippen molar-refractivity contribution in [3.8, 4) is 22.2 Å². The first kappa shape index (κ1) is 12.2. The lowest BCUT2D eigenvalue weighted by atomic mass is 10.2. The normalized spacial score (nSPS) is 11.3. The number of aryl methyl sites for hydroxylation is 1. The molecule has 8 heteroatoms. The molecule has 0 aliphatic carbocycles. The van der Waals surface area contributed by atoms with Crippen molar-refractivity contribution in [2.24, 2.45) is 0 Å². The van der Waals surface area contributed by atoms with Crippen LogP contribution in [0.2, 0.25) is 0 Å². The number of hydrogen-bond donors (Lipinski definition) is 0. The molecule has 4 rings (SSSR count). The van der Waals surface area contributed by atoms with Crippen molar-refractivity contribution in [3.63, 3.8) is 0 Å². The Balaban J connectivity index is 1.86. The maximum Gasteiger partial charge on any atom is 0.235 e. The first-order chi connectivity index (χ1) is 10.2. The summed E-state index contributed by atoms with van der Waals surface area (Å²) in [6.45, 7) is 1.84. The van der Waals surface area contributed by atoms with E-state index in [1.165, 1.54) is 23.5 Å². The van der Waals surface area contributed by atoms with Gasteiger partial charge in [0.1, 0.15) is 5.82 Å². The van der Waals surface area contributed by atoms with Gasteiger partial charge in [-0.25, -0.2) is 4.39 Å². The Bertz CT molecular complexity index is 941. The molecule has 0 bridgehead atoms. The van der Waals surface area contributed by atoms with Crippen molar-refractivity contribution in [3.05, 3.63) is 41.8 Å². The van der Waals surface area contributed by atoms with Crippen LogP contribution >= 0.6 is 11.3 Å². The minimum Gasteiger partial charge on any atom is -0.353 e. The lowest BCUT2D eigenvalue weighted by molar-refractivity contribution is 0.426. The van der Waals surface area contributed by atoms with E-state index >= 15 is 0 Å². The summed E-state index contributed by atoms with van der Waals surface area (Å²) in [6.07, 6.45) is 0. The molecule has 0 aliphatic heterocycles. The number of aromatic nitrogens is 5. The van der Waals surface area contributed by atoms with Gasteiger partial charge in [-0.3, -0.25) is 0 Å². The largest absolute Gasteiger partial charge is 0.353 e. The minimum absolute atomic E-state index is 0.328. The number of halogens is 1. The lowest BCUT2D eigenvalue weighted by Gasteiger charge is -1.96. The predicted octanol–water partition coefficient (Wildman–Crippen LogP) is 2.96. The highest BCUT2D eigenvalue weighted by atomic mass is 32.1. The fraction of sp³-hybridized carbons (Fsp3) is 0.0769. The van der Waals surface area contributed by atoms with E-state index < -0.39 is 0 Å². The summed E-state index contributed by atoms with van der Waals surface area (Å²) in [6, 6.07) is 7.96. The molecule has 6 nitrogen and oxygen atoms in total. The third-order valence-corrected chi connectivity index (χ3v) is 3.83.